The molecule has 0 bridgehead atoms. The van der Waals surface area contributed by atoms with Crippen LogP contribution in [0.2, 0.25) is 0 Å². The van der Waals surface area contributed by atoms with Gasteiger partial charge in [-0.05, 0) is 12.0 Å². The Labute approximate surface area is 107 Å². The number of ether oxygens (including phenoxy) is 1. The molecule has 2 rings (SSSR count). The number of methoxy groups -OCH3 is 1. The Morgan fingerprint density at radius 2 is 2.00 bits per heavy atom. The van der Waals surface area contributed by atoms with E-state index in [1.165, 1.54) is 0 Å². The highest BCUT2D eigenvalue weighted by Gasteiger charge is 2.34. The molecule has 0 amide bonds. The number of Topliss-reactive ketones (excluding diaryl/α,β-unsaturated/α-hetero) is 1. The predicted molar refractivity (Wildman–Crippen MR) is 70.8 cm³/mol. The molecule has 1 atom stereocenters. The van der Waals surface area contributed by atoms with Crippen LogP contribution in [0.4, 0.5) is 0 Å². The van der Waals surface area contributed by atoms with Gasteiger partial charge in [-0.15, -0.1) is 0 Å². The highest BCUT2D eigenvalue weighted by atomic mass is 16.5. The molecule has 1 aliphatic carbocycles. The Bertz CT molecular complexity index is 502. The molecule has 3 heteroatoms. The van der Waals surface area contributed by atoms with E-state index < -0.39 is 0 Å². The lowest BCUT2D eigenvalue weighted by molar-refractivity contribution is -0.114. The number of carbonyl (C=O) groups is 1. The molecule has 0 unspecified atom stereocenters. The fourth-order valence-corrected chi connectivity index (χ4v) is 2.08. The van der Waals surface area contributed by atoms with Crippen LogP contribution >= 0.6 is 0 Å². The highest BCUT2D eigenvalue weighted by Crippen LogP contribution is 2.30. The van der Waals surface area contributed by atoms with E-state index in [4.69, 9.17) is 4.74 Å². The summed E-state index contributed by atoms with van der Waals surface area (Å²) in [6, 6.07) is 10.2. The van der Waals surface area contributed by atoms with Crippen molar-refractivity contribution in [1.82, 2.24) is 5.32 Å². The monoisotopic (exact) mass is 243 g/mol. The smallest absolute Gasteiger partial charge is 0.215 e. The molecule has 0 heterocycles. The average Bonchev–Trinajstić information content (AvgIpc) is 2.43. The number of allylic oxidation sites excluding steroid dienone is 2. The van der Waals surface area contributed by atoms with Crippen LogP contribution in [-0.2, 0) is 9.53 Å². The normalized spacial score (nSPS) is 16.3. The Balaban J connectivity index is 2.20. The molecule has 94 valence electrons. The molecule has 1 aliphatic rings. The van der Waals surface area contributed by atoms with Gasteiger partial charge in [-0.1, -0.05) is 43.8 Å². The Hall–Kier alpha value is -2.03. The van der Waals surface area contributed by atoms with Crippen LogP contribution in [0.5, 0.6) is 0 Å². The Kier molecular flexibility index (Phi) is 3.51. The molecule has 0 fully saturated rings. The van der Waals surface area contributed by atoms with Crippen LogP contribution in [0, 0.1) is 0 Å². The van der Waals surface area contributed by atoms with Crippen molar-refractivity contribution in [3.63, 3.8) is 0 Å². The fourth-order valence-electron chi connectivity index (χ4n) is 2.08. The summed E-state index contributed by atoms with van der Waals surface area (Å²) in [7, 11) is 1.55. The van der Waals surface area contributed by atoms with Gasteiger partial charge in [0.15, 0.2) is 5.76 Å². The lowest BCUT2D eigenvalue weighted by Gasteiger charge is -2.28. The van der Waals surface area contributed by atoms with Gasteiger partial charge >= 0.3 is 0 Å². The van der Waals surface area contributed by atoms with E-state index >= 15 is 0 Å². The van der Waals surface area contributed by atoms with Gasteiger partial charge in [0.1, 0.15) is 5.70 Å². The van der Waals surface area contributed by atoms with E-state index in [1.807, 2.05) is 30.3 Å². The molecule has 1 N–H and O–H groups in total. The molecule has 0 aromatic heterocycles. The van der Waals surface area contributed by atoms with Gasteiger partial charge in [0.25, 0.3) is 0 Å². The van der Waals surface area contributed by atoms with Gasteiger partial charge in [0, 0.05) is 0 Å². The molecule has 18 heavy (non-hydrogen) atoms. The predicted octanol–water partition coefficient (Wildman–Crippen LogP) is 2.72. The second-order valence-corrected chi connectivity index (χ2v) is 4.23. The lowest BCUT2D eigenvalue weighted by atomic mass is 9.93. The van der Waals surface area contributed by atoms with Gasteiger partial charge in [-0.2, -0.15) is 0 Å². The molecule has 0 saturated heterocycles. The minimum atomic E-state index is -0.0544. The topological polar surface area (TPSA) is 38.3 Å². The van der Waals surface area contributed by atoms with Crippen molar-refractivity contribution in [3.8, 4) is 0 Å². The first-order valence-corrected chi connectivity index (χ1v) is 6.02. The maximum atomic E-state index is 11.7. The number of nitrogens with one attached hydrogen (secondary N) is 1. The van der Waals surface area contributed by atoms with Crippen molar-refractivity contribution in [2.75, 3.05) is 7.11 Å². The first kappa shape index (κ1) is 12.4. The van der Waals surface area contributed by atoms with Crippen molar-refractivity contribution in [2.24, 2.45) is 0 Å². The summed E-state index contributed by atoms with van der Waals surface area (Å²) in [4.78, 5) is 11.7. The highest BCUT2D eigenvalue weighted by molar-refractivity contribution is 6.18. The molecular formula is C15H17NO2. The summed E-state index contributed by atoms with van der Waals surface area (Å²) >= 11 is 0. The molecule has 0 saturated carbocycles. The molecule has 0 spiro atoms. The standard InChI is InChI=1S/C15H17NO2/c1-4-12(11-8-6-5-7-9-11)16-13-14(17)10(2)15(13)18-3/h5-9,12,16H,2,4H2,1,3H3/t12-/m1/s1. The zero-order valence-electron chi connectivity index (χ0n) is 10.7. The van der Waals surface area contributed by atoms with Crippen molar-refractivity contribution in [2.45, 2.75) is 19.4 Å². The number of hydrogen-bond acceptors (Lipinski definition) is 3. The second-order valence-electron chi connectivity index (χ2n) is 4.23. The zero-order valence-corrected chi connectivity index (χ0v) is 10.7. The van der Waals surface area contributed by atoms with Gasteiger partial charge in [-0.3, -0.25) is 4.79 Å². The van der Waals surface area contributed by atoms with Crippen molar-refractivity contribution >= 4 is 5.78 Å². The van der Waals surface area contributed by atoms with Gasteiger partial charge in [0.05, 0.1) is 18.7 Å². The van der Waals surface area contributed by atoms with E-state index in [0.29, 0.717) is 17.0 Å². The molecule has 3 nitrogen and oxygen atoms in total. The van der Waals surface area contributed by atoms with E-state index in [9.17, 15) is 4.79 Å². The van der Waals surface area contributed by atoms with Crippen LogP contribution in [0.1, 0.15) is 24.9 Å². The molecule has 1 aromatic carbocycles. The van der Waals surface area contributed by atoms with Crippen LogP contribution in [0.15, 0.2) is 53.9 Å². The van der Waals surface area contributed by atoms with Gasteiger partial charge in [0.2, 0.25) is 5.78 Å². The van der Waals surface area contributed by atoms with Gasteiger partial charge < -0.3 is 10.1 Å². The number of rotatable bonds is 5. The van der Waals surface area contributed by atoms with E-state index in [1.54, 1.807) is 7.11 Å². The SMILES string of the molecule is C=C1C(=O)C(N[C@H](CC)c2ccccc2)=C1OC. The first-order chi connectivity index (χ1) is 8.69. The fraction of sp³-hybridized carbons (Fsp3) is 0.267. The first-order valence-electron chi connectivity index (χ1n) is 6.02. The zero-order chi connectivity index (χ0) is 13.1. The van der Waals surface area contributed by atoms with Crippen LogP contribution < -0.4 is 5.32 Å². The summed E-state index contributed by atoms with van der Waals surface area (Å²) in [6.45, 7) is 5.76. The maximum Gasteiger partial charge on any atom is 0.215 e. The summed E-state index contributed by atoms with van der Waals surface area (Å²) in [5, 5.41) is 3.24. The van der Waals surface area contributed by atoms with Crippen molar-refractivity contribution in [1.29, 1.82) is 0 Å². The number of ketones is 1. The van der Waals surface area contributed by atoms with E-state index in [0.717, 1.165) is 12.0 Å². The number of carbonyl (C=O) groups excluding carboxylic acids is 1. The summed E-state index contributed by atoms with van der Waals surface area (Å²) in [5.41, 5.74) is 2.15. The van der Waals surface area contributed by atoms with Crippen molar-refractivity contribution < 1.29 is 9.53 Å². The average molecular weight is 243 g/mol. The minimum absolute atomic E-state index is 0.0544. The third-order valence-corrected chi connectivity index (χ3v) is 3.14. The minimum Gasteiger partial charge on any atom is -0.494 e. The number of hydrogen-bond donors (Lipinski definition) is 1. The summed E-state index contributed by atoms with van der Waals surface area (Å²) in [5.74, 6) is 0.524. The Morgan fingerprint density at radius 1 is 1.33 bits per heavy atom. The van der Waals surface area contributed by atoms with Crippen LogP contribution in [0.25, 0.3) is 0 Å². The molecular weight excluding hydrogens is 226 g/mol. The Morgan fingerprint density at radius 3 is 2.56 bits per heavy atom. The molecule has 1 aromatic rings. The van der Waals surface area contributed by atoms with Crippen LogP contribution in [-0.4, -0.2) is 12.9 Å². The van der Waals surface area contributed by atoms with Crippen LogP contribution in [0.3, 0.4) is 0 Å². The largest absolute Gasteiger partial charge is 0.494 e. The third-order valence-electron chi connectivity index (χ3n) is 3.14. The molecule has 0 radical (unpaired) electrons. The maximum absolute atomic E-state index is 11.7. The second kappa shape index (κ2) is 5.08. The number of benzene rings is 1. The van der Waals surface area contributed by atoms with Crippen molar-refractivity contribution in [3.05, 3.63) is 59.5 Å². The van der Waals surface area contributed by atoms with Gasteiger partial charge in [-0.25, -0.2) is 0 Å². The van der Waals surface area contributed by atoms with E-state index in [-0.39, 0.29) is 11.8 Å². The summed E-state index contributed by atoms with van der Waals surface area (Å²) < 4.78 is 5.16. The lowest BCUT2D eigenvalue weighted by Crippen LogP contribution is -2.35. The quantitative estimate of drug-likeness (QED) is 0.808. The third kappa shape index (κ3) is 2.04. The molecule has 0 aliphatic heterocycles. The summed E-state index contributed by atoms with van der Waals surface area (Å²) in [6.07, 6.45) is 0.893. The van der Waals surface area contributed by atoms with E-state index in [2.05, 4.69) is 18.8 Å².